The second-order valence-electron chi connectivity index (χ2n) is 8.27. The molecule has 28 heavy (non-hydrogen) atoms. The van der Waals surface area contributed by atoms with Gasteiger partial charge in [0, 0.05) is 32.5 Å². The smallest absolute Gasteiger partial charge is 0.255 e. The minimum Gasteiger partial charge on any atom is -0.389 e. The molecule has 152 valence electrons. The Hall–Kier alpha value is -2.09. The molecule has 2 aromatic rings. The zero-order valence-corrected chi connectivity index (χ0v) is 16.7. The van der Waals surface area contributed by atoms with Crippen molar-refractivity contribution in [3.63, 3.8) is 0 Å². The molecule has 0 aliphatic carbocycles. The van der Waals surface area contributed by atoms with Crippen molar-refractivity contribution in [2.45, 2.75) is 51.9 Å². The summed E-state index contributed by atoms with van der Waals surface area (Å²) >= 11 is 0. The number of β-amino-alcohol motifs (C(OH)–C–C–N with tert-alkyl or cyclic N) is 1. The summed E-state index contributed by atoms with van der Waals surface area (Å²) in [6.45, 7) is 7.66. The molecule has 2 N–H and O–H groups in total. The van der Waals surface area contributed by atoms with E-state index in [0.717, 1.165) is 5.69 Å². The molecule has 0 fully saturated rings. The maximum absolute atomic E-state index is 13.9. The third-order valence-electron chi connectivity index (χ3n) is 4.69. The van der Waals surface area contributed by atoms with Gasteiger partial charge < -0.3 is 14.8 Å². The van der Waals surface area contributed by atoms with Crippen molar-refractivity contribution in [1.29, 1.82) is 0 Å². The van der Waals surface area contributed by atoms with E-state index in [1.807, 2.05) is 25.7 Å². The van der Waals surface area contributed by atoms with Crippen LogP contribution in [0.4, 0.5) is 4.39 Å². The molecule has 0 saturated heterocycles. The molecule has 7 heteroatoms. The number of aromatic nitrogens is 2. The molecule has 1 aromatic heterocycles. The van der Waals surface area contributed by atoms with E-state index in [0.29, 0.717) is 43.0 Å². The minimum absolute atomic E-state index is 0.193. The van der Waals surface area contributed by atoms with Crippen LogP contribution in [0.5, 0.6) is 0 Å². The molecule has 2 heterocycles. The number of nitrogens with one attached hydrogen (secondary N) is 1. The van der Waals surface area contributed by atoms with Gasteiger partial charge in [-0.25, -0.2) is 9.37 Å². The van der Waals surface area contributed by atoms with Crippen molar-refractivity contribution in [3.8, 4) is 0 Å². The minimum atomic E-state index is -0.617. The Labute approximate surface area is 164 Å². The number of hydrogen-bond acceptors (Lipinski definition) is 5. The van der Waals surface area contributed by atoms with Gasteiger partial charge in [-0.3, -0.25) is 9.69 Å². The predicted octanol–water partition coefficient (Wildman–Crippen LogP) is 2.03. The first kappa shape index (κ1) is 20.6. The number of aliphatic hydroxyl groups is 1. The molecule has 1 aliphatic rings. The Bertz CT molecular complexity index is 876. The van der Waals surface area contributed by atoms with Crippen LogP contribution in [0.25, 0.3) is 0 Å². The van der Waals surface area contributed by atoms with Gasteiger partial charge in [0.05, 0.1) is 29.6 Å². The van der Waals surface area contributed by atoms with Gasteiger partial charge >= 0.3 is 0 Å². The fraction of sp³-hybridized carbons (Fsp3) is 0.524. The highest BCUT2D eigenvalue weighted by molar-refractivity contribution is 5.25. The van der Waals surface area contributed by atoms with Crippen LogP contribution in [0.3, 0.4) is 0 Å². The number of rotatable bonds is 6. The van der Waals surface area contributed by atoms with Gasteiger partial charge in [-0.2, -0.15) is 0 Å². The first-order valence-electron chi connectivity index (χ1n) is 9.60. The average Bonchev–Trinajstić information content (AvgIpc) is 2.62. The van der Waals surface area contributed by atoms with Gasteiger partial charge in [0.15, 0.2) is 0 Å². The van der Waals surface area contributed by atoms with Gasteiger partial charge in [-0.05, 0) is 32.4 Å². The fourth-order valence-corrected chi connectivity index (χ4v) is 3.29. The lowest BCUT2D eigenvalue weighted by Crippen LogP contribution is -2.42. The van der Waals surface area contributed by atoms with Gasteiger partial charge in [0.1, 0.15) is 11.6 Å². The molecule has 0 spiro atoms. The molecule has 0 saturated carbocycles. The first-order chi connectivity index (χ1) is 13.2. The van der Waals surface area contributed by atoms with Crippen molar-refractivity contribution in [2.24, 2.45) is 0 Å². The average molecular weight is 389 g/mol. The third-order valence-corrected chi connectivity index (χ3v) is 4.69. The molecule has 1 aromatic carbocycles. The Balaban J connectivity index is 1.66. The van der Waals surface area contributed by atoms with E-state index in [2.05, 4.69) is 9.97 Å². The lowest BCUT2D eigenvalue weighted by atomic mass is 10.1. The van der Waals surface area contributed by atoms with Crippen molar-refractivity contribution < 1.29 is 14.2 Å². The van der Waals surface area contributed by atoms with E-state index < -0.39 is 6.10 Å². The maximum Gasteiger partial charge on any atom is 0.255 e. The third kappa shape index (κ3) is 5.47. The second kappa shape index (κ2) is 8.51. The van der Waals surface area contributed by atoms with Crippen LogP contribution < -0.4 is 5.56 Å². The van der Waals surface area contributed by atoms with Gasteiger partial charge in [-0.15, -0.1) is 0 Å². The van der Waals surface area contributed by atoms with Gasteiger partial charge in [0.2, 0.25) is 0 Å². The summed E-state index contributed by atoms with van der Waals surface area (Å²) in [6.07, 6.45) is 0.256. The standard InChI is InChI=1S/C21H28FN3O3/c1-21(2,3)28-13-15(26)11-25-9-8-18-16(12-25)20(27)24-19(23-18)10-14-6-4-5-7-17(14)22/h4-7,15,26H,8-13H2,1-3H3,(H,23,24,27). The molecular formula is C21H28FN3O3. The van der Waals surface area contributed by atoms with Crippen LogP contribution in [-0.4, -0.2) is 51.4 Å². The van der Waals surface area contributed by atoms with Crippen molar-refractivity contribution in [2.75, 3.05) is 19.7 Å². The highest BCUT2D eigenvalue weighted by Crippen LogP contribution is 2.16. The number of benzene rings is 1. The number of nitrogens with zero attached hydrogens (tertiary/aromatic N) is 2. The zero-order chi connectivity index (χ0) is 20.3. The van der Waals surface area contributed by atoms with Crippen molar-refractivity contribution in [3.05, 3.63) is 63.1 Å². The van der Waals surface area contributed by atoms with Crippen LogP contribution in [0.1, 0.15) is 43.4 Å². The van der Waals surface area contributed by atoms with E-state index in [1.54, 1.807) is 18.2 Å². The van der Waals surface area contributed by atoms with Crippen LogP contribution in [0, 0.1) is 5.82 Å². The highest BCUT2D eigenvalue weighted by Gasteiger charge is 2.24. The molecule has 0 bridgehead atoms. The van der Waals surface area contributed by atoms with E-state index in [4.69, 9.17) is 4.74 Å². The lowest BCUT2D eigenvalue weighted by Gasteiger charge is -2.30. The number of aromatic amines is 1. The summed E-state index contributed by atoms with van der Waals surface area (Å²) in [4.78, 5) is 21.9. The van der Waals surface area contributed by atoms with Crippen LogP contribution in [0.15, 0.2) is 29.1 Å². The van der Waals surface area contributed by atoms with E-state index >= 15 is 0 Å². The number of halogens is 1. The number of fused-ring (bicyclic) bond motifs is 1. The van der Waals surface area contributed by atoms with Crippen LogP contribution >= 0.6 is 0 Å². The number of ether oxygens (including phenoxy) is 1. The zero-order valence-electron chi connectivity index (χ0n) is 16.7. The summed E-state index contributed by atoms with van der Waals surface area (Å²) in [6, 6.07) is 6.49. The van der Waals surface area contributed by atoms with Crippen LogP contribution in [0.2, 0.25) is 0 Å². The molecular weight excluding hydrogens is 361 g/mol. The monoisotopic (exact) mass is 389 g/mol. The molecule has 0 amide bonds. The molecule has 0 radical (unpaired) electrons. The largest absolute Gasteiger partial charge is 0.389 e. The first-order valence-corrected chi connectivity index (χ1v) is 9.60. The Kier molecular flexibility index (Phi) is 6.27. The van der Waals surface area contributed by atoms with Gasteiger partial charge in [0.25, 0.3) is 5.56 Å². The Morgan fingerprint density at radius 3 is 2.82 bits per heavy atom. The topological polar surface area (TPSA) is 78.5 Å². The second-order valence-corrected chi connectivity index (χ2v) is 8.27. The summed E-state index contributed by atoms with van der Waals surface area (Å²) in [5.41, 5.74) is 1.39. The summed E-state index contributed by atoms with van der Waals surface area (Å²) in [5.74, 6) is 0.168. The molecule has 3 rings (SSSR count). The number of H-pyrrole nitrogens is 1. The molecule has 1 unspecified atom stereocenters. The fourth-order valence-electron chi connectivity index (χ4n) is 3.29. The SMILES string of the molecule is CC(C)(C)OCC(O)CN1CCc2nc(Cc3ccccc3F)[nH]c(=O)c2C1. The Morgan fingerprint density at radius 1 is 1.36 bits per heavy atom. The number of hydrogen-bond donors (Lipinski definition) is 2. The van der Waals surface area contributed by atoms with Crippen molar-refractivity contribution >= 4 is 0 Å². The quantitative estimate of drug-likeness (QED) is 0.791. The summed E-state index contributed by atoms with van der Waals surface area (Å²) in [5, 5.41) is 10.2. The summed E-state index contributed by atoms with van der Waals surface area (Å²) in [7, 11) is 0. The van der Waals surface area contributed by atoms with E-state index in [9.17, 15) is 14.3 Å². The van der Waals surface area contributed by atoms with Crippen molar-refractivity contribution in [1.82, 2.24) is 14.9 Å². The Morgan fingerprint density at radius 2 is 2.11 bits per heavy atom. The highest BCUT2D eigenvalue weighted by atomic mass is 19.1. The predicted molar refractivity (Wildman–Crippen MR) is 105 cm³/mol. The normalized spacial score (nSPS) is 16.0. The van der Waals surface area contributed by atoms with E-state index in [-0.39, 0.29) is 30.0 Å². The molecule has 6 nitrogen and oxygen atoms in total. The van der Waals surface area contributed by atoms with Crippen LogP contribution in [-0.2, 0) is 24.1 Å². The maximum atomic E-state index is 13.9. The number of aliphatic hydroxyl groups excluding tert-OH is 1. The molecule has 1 atom stereocenters. The molecule has 1 aliphatic heterocycles. The van der Waals surface area contributed by atoms with E-state index in [1.165, 1.54) is 6.07 Å². The summed E-state index contributed by atoms with van der Waals surface area (Å²) < 4.78 is 19.5. The lowest BCUT2D eigenvalue weighted by molar-refractivity contribution is -0.0570. The van der Waals surface area contributed by atoms with Gasteiger partial charge in [-0.1, -0.05) is 18.2 Å².